The second-order valence-electron chi connectivity index (χ2n) is 4.95. The quantitative estimate of drug-likeness (QED) is 0.658. The molecule has 0 atom stereocenters. The molecule has 0 bridgehead atoms. The van der Waals surface area contributed by atoms with E-state index in [2.05, 4.69) is 20.7 Å². The number of benzene rings is 2. The van der Waals surface area contributed by atoms with Crippen molar-refractivity contribution in [3.8, 4) is 0 Å². The maximum absolute atomic E-state index is 6.17. The summed E-state index contributed by atoms with van der Waals surface area (Å²) in [5.74, 6) is 0.411. The molecule has 3 rings (SSSR count). The van der Waals surface area contributed by atoms with Crippen molar-refractivity contribution in [1.82, 2.24) is 14.8 Å². The van der Waals surface area contributed by atoms with Crippen LogP contribution in [0, 0.1) is 0 Å². The van der Waals surface area contributed by atoms with E-state index in [0.717, 1.165) is 11.3 Å². The van der Waals surface area contributed by atoms with Crippen LogP contribution in [0.1, 0.15) is 5.56 Å². The molecule has 3 aromatic rings. The fourth-order valence-electron chi connectivity index (χ4n) is 2.04. The van der Waals surface area contributed by atoms with Crippen molar-refractivity contribution < 1.29 is 0 Å². The van der Waals surface area contributed by atoms with E-state index >= 15 is 0 Å². The van der Waals surface area contributed by atoms with Crippen molar-refractivity contribution in [2.24, 2.45) is 0 Å². The molecule has 2 aromatic carbocycles. The van der Waals surface area contributed by atoms with Gasteiger partial charge in [-0.05, 0) is 42.0 Å². The third-order valence-corrected chi connectivity index (χ3v) is 3.93. The number of rotatable bonds is 4. The first-order valence-electron chi connectivity index (χ1n) is 7.06. The molecule has 0 aliphatic carbocycles. The molecule has 2 N–H and O–H groups in total. The predicted molar refractivity (Wildman–Crippen MR) is 102 cm³/mol. The molecule has 1 heterocycles. The van der Waals surface area contributed by atoms with Gasteiger partial charge in [0.05, 0.1) is 6.54 Å². The van der Waals surface area contributed by atoms with Crippen LogP contribution in [0.2, 0.25) is 10.0 Å². The Morgan fingerprint density at radius 3 is 2.62 bits per heavy atom. The Balaban J connectivity index is 1.62. The number of anilines is 2. The molecule has 0 saturated heterocycles. The Bertz CT molecular complexity index is 851. The van der Waals surface area contributed by atoms with Crippen LogP contribution in [0.5, 0.6) is 0 Å². The monoisotopic (exact) mass is 377 g/mol. The zero-order chi connectivity index (χ0) is 16.9. The Labute approximate surface area is 154 Å². The molecule has 24 heavy (non-hydrogen) atoms. The number of thiocarbonyl (C=S) groups is 1. The van der Waals surface area contributed by atoms with E-state index in [9.17, 15) is 0 Å². The van der Waals surface area contributed by atoms with E-state index < -0.39 is 0 Å². The van der Waals surface area contributed by atoms with Crippen LogP contribution in [0.4, 0.5) is 11.6 Å². The van der Waals surface area contributed by atoms with Crippen LogP contribution in [-0.4, -0.2) is 19.9 Å². The Morgan fingerprint density at radius 1 is 1.08 bits per heavy atom. The number of aromatic nitrogens is 3. The van der Waals surface area contributed by atoms with E-state index in [1.807, 2.05) is 36.4 Å². The van der Waals surface area contributed by atoms with E-state index in [4.69, 9.17) is 35.4 Å². The van der Waals surface area contributed by atoms with Gasteiger partial charge in [-0.2, -0.15) is 0 Å². The highest BCUT2D eigenvalue weighted by Gasteiger charge is 2.06. The summed E-state index contributed by atoms with van der Waals surface area (Å²) in [6.45, 7) is 0.490. The summed E-state index contributed by atoms with van der Waals surface area (Å²) in [4.78, 5) is 4.19. The summed E-state index contributed by atoms with van der Waals surface area (Å²) < 4.78 is 1.67. The molecule has 0 aliphatic rings. The smallest absolute Gasteiger partial charge is 0.248 e. The van der Waals surface area contributed by atoms with Crippen molar-refractivity contribution in [2.75, 3.05) is 10.6 Å². The van der Waals surface area contributed by atoms with E-state index in [1.165, 1.54) is 0 Å². The molecule has 122 valence electrons. The largest absolute Gasteiger partial charge is 0.332 e. The highest BCUT2D eigenvalue weighted by atomic mass is 35.5. The standard InChI is InChI=1S/C16H13Cl2N5S/c17-12-7-6-11(14(18)8-12)9-23-10-19-15(22-23)21-16(24)20-13-4-2-1-3-5-13/h1-8,10H,9H2,(H2,20,21,22,24). The van der Waals surface area contributed by atoms with Crippen molar-refractivity contribution >= 4 is 52.2 Å². The lowest BCUT2D eigenvalue weighted by Gasteiger charge is -2.07. The van der Waals surface area contributed by atoms with Crippen molar-refractivity contribution in [3.63, 3.8) is 0 Å². The van der Waals surface area contributed by atoms with Gasteiger partial charge in [0.25, 0.3) is 0 Å². The molecule has 0 unspecified atom stereocenters. The molecule has 0 radical (unpaired) electrons. The van der Waals surface area contributed by atoms with E-state index in [0.29, 0.717) is 27.7 Å². The Hall–Kier alpha value is -2.15. The topological polar surface area (TPSA) is 54.8 Å². The van der Waals surface area contributed by atoms with Gasteiger partial charge in [0.1, 0.15) is 6.33 Å². The third kappa shape index (κ3) is 4.44. The van der Waals surface area contributed by atoms with Crippen molar-refractivity contribution in [2.45, 2.75) is 6.54 Å². The van der Waals surface area contributed by atoms with Gasteiger partial charge in [-0.3, -0.25) is 5.32 Å². The second-order valence-corrected chi connectivity index (χ2v) is 6.20. The zero-order valence-corrected chi connectivity index (χ0v) is 14.7. The molecule has 5 nitrogen and oxygen atoms in total. The average molecular weight is 378 g/mol. The van der Waals surface area contributed by atoms with E-state index in [-0.39, 0.29) is 0 Å². The maximum atomic E-state index is 6.17. The number of nitrogens with one attached hydrogen (secondary N) is 2. The van der Waals surface area contributed by atoms with Gasteiger partial charge in [0.15, 0.2) is 5.11 Å². The highest BCUT2D eigenvalue weighted by Crippen LogP contribution is 2.21. The summed E-state index contributed by atoms with van der Waals surface area (Å²) in [6, 6.07) is 15.0. The molecule has 1 aromatic heterocycles. The lowest BCUT2D eigenvalue weighted by Crippen LogP contribution is -2.20. The van der Waals surface area contributed by atoms with Crippen molar-refractivity contribution in [3.05, 3.63) is 70.5 Å². The summed E-state index contributed by atoms with van der Waals surface area (Å²) in [7, 11) is 0. The molecule has 8 heteroatoms. The number of hydrogen-bond acceptors (Lipinski definition) is 3. The molecule has 0 spiro atoms. The summed E-state index contributed by atoms with van der Waals surface area (Å²) in [5.41, 5.74) is 1.80. The number of hydrogen-bond donors (Lipinski definition) is 2. The third-order valence-electron chi connectivity index (χ3n) is 3.14. The predicted octanol–water partition coefficient (Wildman–Crippen LogP) is 4.44. The van der Waals surface area contributed by atoms with Crippen LogP contribution in [-0.2, 0) is 6.54 Å². The summed E-state index contributed by atoms with van der Waals surface area (Å²) in [5, 5.41) is 11.9. The molecular weight excluding hydrogens is 365 g/mol. The fourth-order valence-corrected chi connectivity index (χ4v) is 2.72. The van der Waals surface area contributed by atoms with Gasteiger partial charge in [0, 0.05) is 15.7 Å². The average Bonchev–Trinajstić information content (AvgIpc) is 2.98. The second kappa shape index (κ2) is 7.61. The molecule has 0 fully saturated rings. The number of nitrogens with zero attached hydrogens (tertiary/aromatic N) is 3. The number of para-hydroxylation sites is 1. The maximum Gasteiger partial charge on any atom is 0.248 e. The van der Waals surface area contributed by atoms with E-state index in [1.54, 1.807) is 23.1 Å². The zero-order valence-electron chi connectivity index (χ0n) is 12.4. The van der Waals surface area contributed by atoms with Crippen LogP contribution >= 0.6 is 35.4 Å². The molecular formula is C16H13Cl2N5S. The van der Waals surface area contributed by atoms with Crippen LogP contribution < -0.4 is 10.6 Å². The summed E-state index contributed by atoms with van der Waals surface area (Å²) >= 11 is 17.3. The first-order chi connectivity index (χ1) is 11.6. The lowest BCUT2D eigenvalue weighted by molar-refractivity contribution is 0.687. The SMILES string of the molecule is S=C(Nc1ccccc1)Nc1ncn(Cc2ccc(Cl)cc2Cl)n1. The first kappa shape index (κ1) is 16.7. The van der Waals surface area contributed by atoms with Gasteiger partial charge in [-0.25, -0.2) is 9.67 Å². The van der Waals surface area contributed by atoms with Gasteiger partial charge >= 0.3 is 0 Å². The minimum Gasteiger partial charge on any atom is -0.332 e. The minimum absolute atomic E-state index is 0.411. The van der Waals surface area contributed by atoms with Gasteiger partial charge in [0.2, 0.25) is 5.95 Å². The Kier molecular flexibility index (Phi) is 5.30. The molecule has 0 saturated carbocycles. The normalized spacial score (nSPS) is 10.4. The lowest BCUT2D eigenvalue weighted by atomic mass is 10.2. The summed E-state index contributed by atoms with van der Waals surface area (Å²) in [6.07, 6.45) is 1.61. The van der Waals surface area contributed by atoms with Crippen LogP contribution in [0.3, 0.4) is 0 Å². The first-order valence-corrected chi connectivity index (χ1v) is 8.23. The van der Waals surface area contributed by atoms with Crippen LogP contribution in [0.15, 0.2) is 54.9 Å². The molecule has 0 aliphatic heterocycles. The van der Waals surface area contributed by atoms with Gasteiger partial charge < -0.3 is 5.32 Å². The number of halogens is 2. The van der Waals surface area contributed by atoms with Crippen LogP contribution in [0.25, 0.3) is 0 Å². The van der Waals surface area contributed by atoms with Gasteiger partial charge in [-0.15, -0.1) is 5.10 Å². The Morgan fingerprint density at radius 2 is 1.88 bits per heavy atom. The molecule has 0 amide bonds. The van der Waals surface area contributed by atoms with Crippen molar-refractivity contribution in [1.29, 1.82) is 0 Å². The fraction of sp³-hybridized carbons (Fsp3) is 0.0625. The highest BCUT2D eigenvalue weighted by molar-refractivity contribution is 7.80. The minimum atomic E-state index is 0.411. The van der Waals surface area contributed by atoms with Gasteiger partial charge in [-0.1, -0.05) is 47.5 Å².